The van der Waals surface area contributed by atoms with E-state index in [9.17, 15) is 9.59 Å². The smallest absolute Gasteiger partial charge is 0.325 e. The van der Waals surface area contributed by atoms with Gasteiger partial charge in [-0.1, -0.05) is 0 Å². The Bertz CT molecular complexity index is 390. The maximum atomic E-state index is 11.3. The zero-order valence-electron chi connectivity index (χ0n) is 9.91. The molecule has 0 atom stereocenters. The summed E-state index contributed by atoms with van der Waals surface area (Å²) < 4.78 is 4.68. The molecule has 0 unspecified atom stereocenters. The summed E-state index contributed by atoms with van der Waals surface area (Å²) in [7, 11) is 0. The summed E-state index contributed by atoms with van der Waals surface area (Å²) in [6, 6.07) is -0.372. The number of amides is 2. The quantitative estimate of drug-likeness (QED) is 0.783. The van der Waals surface area contributed by atoms with Crippen molar-refractivity contribution in [1.29, 1.82) is 0 Å². The summed E-state index contributed by atoms with van der Waals surface area (Å²) in [6.07, 6.45) is 0. The van der Waals surface area contributed by atoms with E-state index in [1.807, 2.05) is 17.7 Å². The van der Waals surface area contributed by atoms with E-state index in [0.29, 0.717) is 13.2 Å². The minimum Gasteiger partial charge on any atom is -0.465 e. The lowest BCUT2D eigenvalue weighted by Crippen LogP contribution is -2.38. The predicted molar refractivity (Wildman–Crippen MR) is 65.9 cm³/mol. The summed E-state index contributed by atoms with van der Waals surface area (Å²) in [5.74, 6) is -0.436. The lowest BCUT2D eigenvalue weighted by molar-refractivity contribution is -0.141. The second-order valence-corrected chi connectivity index (χ2v) is 4.16. The van der Waals surface area contributed by atoms with Crippen LogP contribution in [0.4, 0.5) is 4.79 Å². The van der Waals surface area contributed by atoms with Crippen molar-refractivity contribution in [2.75, 3.05) is 13.2 Å². The molecule has 17 heavy (non-hydrogen) atoms. The van der Waals surface area contributed by atoms with Gasteiger partial charge >= 0.3 is 12.0 Å². The number of ether oxygens (including phenoxy) is 1. The molecule has 0 spiro atoms. The third-order valence-corrected chi connectivity index (χ3v) is 3.01. The number of thiophene rings is 1. The second kappa shape index (κ2) is 6.90. The standard InChI is InChI=1S/C11H16N2O3S/c1-3-16-10(14)5-13-11(15)12-4-9-7-17-6-8(9)2/h6-7H,3-5H2,1-2H3,(H2,12,13,15). The first-order valence-electron chi connectivity index (χ1n) is 5.32. The van der Waals surface area contributed by atoms with Gasteiger partial charge in [0.1, 0.15) is 6.54 Å². The number of nitrogens with one attached hydrogen (secondary N) is 2. The molecule has 0 saturated carbocycles. The van der Waals surface area contributed by atoms with E-state index in [4.69, 9.17) is 0 Å². The fourth-order valence-corrected chi connectivity index (χ4v) is 2.03. The second-order valence-electron chi connectivity index (χ2n) is 3.42. The molecule has 94 valence electrons. The van der Waals surface area contributed by atoms with Crippen LogP contribution in [0.2, 0.25) is 0 Å². The monoisotopic (exact) mass is 256 g/mol. The Morgan fingerprint density at radius 2 is 2.12 bits per heavy atom. The Kier molecular flexibility index (Phi) is 5.48. The lowest BCUT2D eigenvalue weighted by Gasteiger charge is -2.07. The maximum Gasteiger partial charge on any atom is 0.325 e. The van der Waals surface area contributed by atoms with Crippen LogP contribution in [-0.2, 0) is 16.1 Å². The SMILES string of the molecule is CCOC(=O)CNC(=O)NCc1cscc1C. The number of hydrogen-bond donors (Lipinski definition) is 2. The molecule has 6 heteroatoms. The average Bonchev–Trinajstić information content (AvgIpc) is 2.70. The highest BCUT2D eigenvalue weighted by atomic mass is 32.1. The van der Waals surface area contributed by atoms with Crippen LogP contribution in [-0.4, -0.2) is 25.2 Å². The first-order valence-corrected chi connectivity index (χ1v) is 6.26. The molecule has 0 aromatic carbocycles. The van der Waals surface area contributed by atoms with Gasteiger partial charge in [-0.15, -0.1) is 0 Å². The topological polar surface area (TPSA) is 67.4 Å². The van der Waals surface area contributed by atoms with Gasteiger partial charge in [0.15, 0.2) is 0 Å². The van der Waals surface area contributed by atoms with Crippen LogP contribution >= 0.6 is 11.3 Å². The molecular formula is C11H16N2O3S. The number of hydrogen-bond acceptors (Lipinski definition) is 4. The van der Waals surface area contributed by atoms with Gasteiger partial charge in [0, 0.05) is 6.54 Å². The number of rotatable bonds is 5. The zero-order valence-corrected chi connectivity index (χ0v) is 10.7. The molecule has 0 bridgehead atoms. The number of carbonyl (C=O) groups excluding carboxylic acids is 2. The summed E-state index contributed by atoms with van der Waals surface area (Å²) in [5.41, 5.74) is 2.24. The van der Waals surface area contributed by atoms with Crippen molar-refractivity contribution >= 4 is 23.3 Å². The van der Waals surface area contributed by atoms with Crippen LogP contribution in [0.15, 0.2) is 10.8 Å². The molecule has 5 nitrogen and oxygen atoms in total. The first-order chi connectivity index (χ1) is 8.13. The minimum absolute atomic E-state index is 0.109. The van der Waals surface area contributed by atoms with Crippen LogP contribution in [0.5, 0.6) is 0 Å². The minimum atomic E-state index is -0.436. The summed E-state index contributed by atoms with van der Waals surface area (Å²) in [4.78, 5) is 22.3. The van der Waals surface area contributed by atoms with Gasteiger partial charge in [0.2, 0.25) is 0 Å². The fourth-order valence-electron chi connectivity index (χ4n) is 1.17. The molecule has 0 aliphatic rings. The summed E-state index contributed by atoms with van der Waals surface area (Å²) in [6.45, 7) is 4.38. The van der Waals surface area contributed by atoms with Crippen LogP contribution < -0.4 is 10.6 Å². The number of carbonyl (C=O) groups is 2. The highest BCUT2D eigenvalue weighted by molar-refractivity contribution is 7.08. The van der Waals surface area contributed by atoms with Gasteiger partial charge in [-0.2, -0.15) is 11.3 Å². The van der Waals surface area contributed by atoms with Crippen molar-refractivity contribution in [3.05, 3.63) is 21.9 Å². The van der Waals surface area contributed by atoms with Crippen molar-refractivity contribution < 1.29 is 14.3 Å². The third-order valence-electron chi connectivity index (χ3n) is 2.10. The van der Waals surface area contributed by atoms with Gasteiger partial charge in [0.05, 0.1) is 6.61 Å². The molecule has 1 aromatic rings. The Morgan fingerprint density at radius 1 is 1.35 bits per heavy atom. The van der Waals surface area contributed by atoms with E-state index in [1.54, 1.807) is 18.3 Å². The summed E-state index contributed by atoms with van der Waals surface area (Å²) >= 11 is 1.60. The van der Waals surface area contributed by atoms with Gasteiger partial charge in [0.25, 0.3) is 0 Å². The molecular weight excluding hydrogens is 240 g/mol. The van der Waals surface area contributed by atoms with E-state index in [2.05, 4.69) is 15.4 Å². The Hall–Kier alpha value is -1.56. The zero-order chi connectivity index (χ0) is 12.7. The van der Waals surface area contributed by atoms with Gasteiger partial charge < -0.3 is 15.4 Å². The van der Waals surface area contributed by atoms with E-state index in [-0.39, 0.29) is 12.6 Å². The molecule has 1 aromatic heterocycles. The third kappa shape index (κ3) is 4.86. The highest BCUT2D eigenvalue weighted by Crippen LogP contribution is 2.12. The van der Waals surface area contributed by atoms with Gasteiger partial charge in [-0.25, -0.2) is 4.79 Å². The van der Waals surface area contributed by atoms with Crippen LogP contribution in [0.3, 0.4) is 0 Å². The van der Waals surface area contributed by atoms with Crippen molar-refractivity contribution in [2.45, 2.75) is 20.4 Å². The first kappa shape index (κ1) is 13.5. The Morgan fingerprint density at radius 3 is 2.71 bits per heavy atom. The molecule has 0 saturated heterocycles. The average molecular weight is 256 g/mol. The van der Waals surface area contributed by atoms with E-state index in [1.165, 1.54) is 0 Å². The summed E-state index contributed by atoms with van der Waals surface area (Å²) in [5, 5.41) is 9.11. The van der Waals surface area contributed by atoms with Crippen LogP contribution in [0.25, 0.3) is 0 Å². The maximum absolute atomic E-state index is 11.3. The highest BCUT2D eigenvalue weighted by Gasteiger charge is 2.06. The molecule has 2 N–H and O–H groups in total. The van der Waals surface area contributed by atoms with Crippen LogP contribution in [0, 0.1) is 6.92 Å². The van der Waals surface area contributed by atoms with Crippen molar-refractivity contribution in [3.8, 4) is 0 Å². The van der Waals surface area contributed by atoms with Crippen molar-refractivity contribution in [2.24, 2.45) is 0 Å². The molecule has 0 radical (unpaired) electrons. The molecule has 0 aliphatic carbocycles. The lowest BCUT2D eigenvalue weighted by atomic mass is 10.2. The van der Waals surface area contributed by atoms with E-state index >= 15 is 0 Å². The Balaban J connectivity index is 2.22. The number of urea groups is 1. The van der Waals surface area contributed by atoms with E-state index < -0.39 is 5.97 Å². The number of esters is 1. The number of aryl methyl sites for hydroxylation is 1. The van der Waals surface area contributed by atoms with E-state index in [0.717, 1.165) is 11.1 Å². The van der Waals surface area contributed by atoms with Gasteiger partial charge in [-0.05, 0) is 35.7 Å². The molecule has 1 heterocycles. The van der Waals surface area contributed by atoms with Crippen molar-refractivity contribution in [1.82, 2.24) is 10.6 Å². The molecule has 0 aliphatic heterocycles. The molecule has 2 amide bonds. The predicted octanol–water partition coefficient (Wildman–Crippen LogP) is 1.42. The largest absolute Gasteiger partial charge is 0.465 e. The fraction of sp³-hybridized carbons (Fsp3) is 0.455. The van der Waals surface area contributed by atoms with Crippen LogP contribution in [0.1, 0.15) is 18.1 Å². The van der Waals surface area contributed by atoms with Crippen molar-refractivity contribution in [3.63, 3.8) is 0 Å². The Labute approximate surface area is 104 Å². The molecule has 0 fully saturated rings. The van der Waals surface area contributed by atoms with Gasteiger partial charge in [-0.3, -0.25) is 4.79 Å². The molecule has 1 rings (SSSR count). The normalized spacial score (nSPS) is 9.76.